The molecule has 18 heavy (non-hydrogen) atoms. The third-order valence-corrected chi connectivity index (χ3v) is 1.98. The molecular weight excluding hydrogens is 248 g/mol. The molecule has 0 fully saturated rings. The van der Waals surface area contributed by atoms with E-state index in [1.54, 1.807) is 0 Å². The van der Waals surface area contributed by atoms with Gasteiger partial charge in [-0.05, 0) is 6.42 Å². The van der Waals surface area contributed by atoms with E-state index < -0.39 is 43.6 Å². The molecule has 4 unspecified atom stereocenters. The van der Waals surface area contributed by atoms with Gasteiger partial charge >= 0.3 is 5.97 Å². The normalized spacial score (nSPS) is 17.1. The molecule has 0 bridgehead atoms. The second kappa shape index (κ2) is 11.3. The van der Waals surface area contributed by atoms with E-state index >= 15 is 0 Å². The van der Waals surface area contributed by atoms with Crippen LogP contribution in [0.1, 0.15) is 19.8 Å². The quantitative estimate of drug-likeness (QED) is 0.263. The number of aliphatic carboxylic acids is 1. The van der Waals surface area contributed by atoms with Crippen molar-refractivity contribution >= 4 is 5.97 Å². The first-order valence-corrected chi connectivity index (χ1v) is 5.47. The number of aliphatic hydroxyl groups is 6. The zero-order valence-corrected chi connectivity index (χ0v) is 10.2. The molecule has 0 aromatic carbocycles. The molecule has 0 radical (unpaired) electrons. The summed E-state index contributed by atoms with van der Waals surface area (Å²) in [6.45, 7) is 0.390. The standard InChI is InChI=1S/C6H14O6.C4H8O2/c7-1-3(9)5(11)6(12)4(10)2-8;1-2-3-4(5)6/h3-12H,1-2H2;2-3H2,1H3,(H,5,6). The molecule has 0 aliphatic rings. The van der Waals surface area contributed by atoms with Crippen LogP contribution in [-0.2, 0) is 4.79 Å². The highest BCUT2D eigenvalue weighted by atomic mass is 16.4. The maximum Gasteiger partial charge on any atom is 0.303 e. The number of aliphatic hydroxyl groups excluding tert-OH is 6. The Labute approximate surface area is 105 Å². The van der Waals surface area contributed by atoms with Gasteiger partial charge in [-0.3, -0.25) is 4.79 Å². The number of hydrogen-bond acceptors (Lipinski definition) is 7. The van der Waals surface area contributed by atoms with Gasteiger partial charge in [0, 0.05) is 6.42 Å². The largest absolute Gasteiger partial charge is 0.481 e. The molecule has 0 aliphatic carbocycles. The lowest BCUT2D eigenvalue weighted by molar-refractivity contribution is -0.137. The van der Waals surface area contributed by atoms with Gasteiger partial charge in [0.2, 0.25) is 0 Å². The van der Waals surface area contributed by atoms with Gasteiger partial charge in [-0.1, -0.05) is 6.92 Å². The van der Waals surface area contributed by atoms with Crippen molar-refractivity contribution in [2.45, 2.75) is 44.2 Å². The average Bonchev–Trinajstić information content (AvgIpc) is 2.35. The van der Waals surface area contributed by atoms with Crippen molar-refractivity contribution in [2.75, 3.05) is 13.2 Å². The Morgan fingerprint density at radius 2 is 1.28 bits per heavy atom. The molecule has 0 saturated carbocycles. The van der Waals surface area contributed by atoms with Crippen molar-refractivity contribution in [3.8, 4) is 0 Å². The highest BCUT2D eigenvalue weighted by Gasteiger charge is 2.29. The summed E-state index contributed by atoms with van der Waals surface area (Å²) in [5.74, 6) is -0.711. The summed E-state index contributed by atoms with van der Waals surface area (Å²) in [7, 11) is 0. The molecule has 110 valence electrons. The van der Waals surface area contributed by atoms with Crippen LogP contribution in [-0.4, -0.2) is 79.3 Å². The second-order valence-corrected chi connectivity index (χ2v) is 3.62. The molecule has 8 heteroatoms. The first kappa shape index (κ1) is 19.6. The van der Waals surface area contributed by atoms with Crippen molar-refractivity contribution in [1.82, 2.24) is 0 Å². The Bertz CT molecular complexity index is 196. The van der Waals surface area contributed by atoms with Crippen LogP contribution in [0.15, 0.2) is 0 Å². The third kappa shape index (κ3) is 9.28. The first-order chi connectivity index (χ1) is 8.31. The summed E-state index contributed by atoms with van der Waals surface area (Å²) in [6, 6.07) is 0. The van der Waals surface area contributed by atoms with Gasteiger partial charge in [0.25, 0.3) is 0 Å². The lowest BCUT2D eigenvalue weighted by Gasteiger charge is -2.24. The van der Waals surface area contributed by atoms with Gasteiger partial charge in [0.05, 0.1) is 13.2 Å². The van der Waals surface area contributed by atoms with E-state index in [0.717, 1.165) is 6.42 Å². The molecule has 0 rings (SSSR count). The van der Waals surface area contributed by atoms with Crippen LogP contribution in [0.5, 0.6) is 0 Å². The minimum atomic E-state index is -1.67. The number of hydrogen-bond donors (Lipinski definition) is 7. The first-order valence-electron chi connectivity index (χ1n) is 5.47. The Morgan fingerprint density at radius 3 is 1.39 bits per heavy atom. The lowest BCUT2D eigenvalue weighted by atomic mass is 10.0. The van der Waals surface area contributed by atoms with Gasteiger partial charge < -0.3 is 35.7 Å². The second-order valence-electron chi connectivity index (χ2n) is 3.62. The lowest BCUT2D eigenvalue weighted by Crippen LogP contribution is -2.46. The minimum Gasteiger partial charge on any atom is -0.481 e. The van der Waals surface area contributed by atoms with E-state index in [9.17, 15) is 4.79 Å². The van der Waals surface area contributed by atoms with Crippen LogP contribution in [0.4, 0.5) is 0 Å². The summed E-state index contributed by atoms with van der Waals surface area (Å²) in [5.41, 5.74) is 0. The van der Waals surface area contributed by atoms with Crippen LogP contribution in [0.25, 0.3) is 0 Å². The number of carboxylic acid groups (broad SMARTS) is 1. The van der Waals surface area contributed by atoms with E-state index in [2.05, 4.69) is 0 Å². The summed E-state index contributed by atoms with van der Waals surface area (Å²) >= 11 is 0. The van der Waals surface area contributed by atoms with E-state index in [4.69, 9.17) is 35.7 Å². The summed E-state index contributed by atoms with van der Waals surface area (Å²) in [5, 5.41) is 60.1. The van der Waals surface area contributed by atoms with Gasteiger partial charge in [0.1, 0.15) is 24.4 Å². The third-order valence-electron chi connectivity index (χ3n) is 1.98. The molecule has 4 atom stereocenters. The van der Waals surface area contributed by atoms with E-state index in [0.29, 0.717) is 6.42 Å². The zero-order chi connectivity index (χ0) is 14.7. The Kier molecular flexibility index (Phi) is 12.3. The fourth-order valence-corrected chi connectivity index (χ4v) is 0.885. The summed E-state index contributed by atoms with van der Waals surface area (Å²) < 4.78 is 0. The molecule has 0 aliphatic heterocycles. The molecule has 0 amide bonds. The van der Waals surface area contributed by atoms with Crippen molar-refractivity contribution < 1.29 is 40.5 Å². The number of rotatable bonds is 7. The van der Waals surface area contributed by atoms with Gasteiger partial charge in [-0.25, -0.2) is 0 Å². The molecule has 0 saturated heterocycles. The predicted octanol–water partition coefficient (Wildman–Crippen LogP) is -2.71. The van der Waals surface area contributed by atoms with Crippen molar-refractivity contribution in [3.63, 3.8) is 0 Å². The summed E-state index contributed by atoms with van der Waals surface area (Å²) in [4.78, 5) is 9.60. The minimum absolute atomic E-state index is 0.292. The average molecular weight is 270 g/mol. The SMILES string of the molecule is CCCC(=O)O.OCC(O)C(O)C(O)C(O)CO. The van der Waals surface area contributed by atoms with Crippen LogP contribution in [0.2, 0.25) is 0 Å². The van der Waals surface area contributed by atoms with Gasteiger partial charge in [0.15, 0.2) is 0 Å². The van der Waals surface area contributed by atoms with Gasteiger partial charge in [-0.15, -0.1) is 0 Å². The van der Waals surface area contributed by atoms with E-state index in [1.165, 1.54) is 0 Å². The molecule has 0 heterocycles. The molecule has 7 N–H and O–H groups in total. The van der Waals surface area contributed by atoms with Crippen LogP contribution in [0, 0.1) is 0 Å². The topological polar surface area (TPSA) is 159 Å². The molecule has 0 aromatic heterocycles. The molecule has 0 spiro atoms. The predicted molar refractivity (Wildman–Crippen MR) is 60.7 cm³/mol. The molecule has 8 nitrogen and oxygen atoms in total. The van der Waals surface area contributed by atoms with Crippen molar-refractivity contribution in [3.05, 3.63) is 0 Å². The highest BCUT2D eigenvalue weighted by Crippen LogP contribution is 2.03. The van der Waals surface area contributed by atoms with E-state index in [-0.39, 0.29) is 0 Å². The van der Waals surface area contributed by atoms with Crippen molar-refractivity contribution in [1.29, 1.82) is 0 Å². The smallest absolute Gasteiger partial charge is 0.303 e. The molecule has 0 aromatic rings. The number of carbonyl (C=O) groups is 1. The summed E-state index contributed by atoms with van der Waals surface area (Å²) in [6.07, 6.45) is -5.37. The van der Waals surface area contributed by atoms with Gasteiger partial charge in [-0.2, -0.15) is 0 Å². The van der Waals surface area contributed by atoms with E-state index in [1.807, 2.05) is 6.92 Å². The number of carboxylic acids is 1. The Hall–Kier alpha value is -0.770. The fourth-order valence-electron chi connectivity index (χ4n) is 0.885. The maximum absolute atomic E-state index is 9.60. The van der Waals surface area contributed by atoms with Crippen LogP contribution in [0.3, 0.4) is 0 Å². The van der Waals surface area contributed by atoms with Crippen LogP contribution < -0.4 is 0 Å². The van der Waals surface area contributed by atoms with Crippen molar-refractivity contribution in [2.24, 2.45) is 0 Å². The highest BCUT2D eigenvalue weighted by molar-refractivity contribution is 5.66. The molecular formula is C10H22O8. The Balaban J connectivity index is 0. The fraction of sp³-hybridized carbons (Fsp3) is 0.900. The monoisotopic (exact) mass is 270 g/mol. The zero-order valence-electron chi connectivity index (χ0n) is 10.2. The Morgan fingerprint density at radius 1 is 0.944 bits per heavy atom. The maximum atomic E-state index is 9.60. The van der Waals surface area contributed by atoms with Crippen LogP contribution >= 0.6 is 0 Å².